The van der Waals surface area contributed by atoms with Gasteiger partial charge in [0.2, 0.25) is 5.79 Å². The number of Topliss-reactive ketones (excluding diaryl/α,β-unsaturated/α-hetero) is 1. The Bertz CT molecular complexity index is 551. The molecule has 0 bridgehead atoms. The van der Waals surface area contributed by atoms with Gasteiger partial charge in [0, 0.05) is 18.4 Å². The van der Waals surface area contributed by atoms with Crippen molar-refractivity contribution in [3.63, 3.8) is 0 Å². The molecule has 2 aliphatic rings. The molecule has 3 rings (SSSR count). The van der Waals surface area contributed by atoms with Crippen LogP contribution in [-0.2, 0) is 11.2 Å². The second-order valence-corrected chi connectivity index (χ2v) is 5.71. The number of phenols is 1. The largest absolute Gasteiger partial charge is 0.507 e. The van der Waals surface area contributed by atoms with Crippen molar-refractivity contribution in [1.29, 1.82) is 0 Å². The lowest BCUT2D eigenvalue weighted by molar-refractivity contribution is -0.166. The maximum absolute atomic E-state index is 11.5. The lowest BCUT2D eigenvalue weighted by Gasteiger charge is -2.38. The zero-order chi connectivity index (χ0) is 13.8. The van der Waals surface area contributed by atoms with E-state index in [4.69, 9.17) is 9.47 Å². The van der Waals surface area contributed by atoms with Crippen LogP contribution in [0.4, 0.5) is 0 Å². The van der Waals surface area contributed by atoms with Crippen molar-refractivity contribution in [2.45, 2.75) is 33.0 Å². The van der Waals surface area contributed by atoms with Gasteiger partial charge in [-0.3, -0.25) is 4.79 Å². The average molecular weight is 262 g/mol. The zero-order valence-corrected chi connectivity index (χ0v) is 11.4. The highest BCUT2D eigenvalue weighted by atomic mass is 16.7. The number of hydrogen-bond acceptors (Lipinski definition) is 4. The molecule has 3 atom stereocenters. The van der Waals surface area contributed by atoms with Crippen LogP contribution in [0.25, 0.3) is 0 Å². The van der Waals surface area contributed by atoms with E-state index in [1.807, 2.05) is 6.92 Å². The lowest BCUT2D eigenvalue weighted by Crippen LogP contribution is -2.43. The Morgan fingerprint density at radius 1 is 1.47 bits per heavy atom. The van der Waals surface area contributed by atoms with Crippen LogP contribution in [0.5, 0.6) is 11.5 Å². The highest BCUT2D eigenvalue weighted by Gasteiger charge is 2.50. The van der Waals surface area contributed by atoms with Crippen LogP contribution in [0.3, 0.4) is 0 Å². The molecule has 0 aromatic heterocycles. The molecule has 1 fully saturated rings. The molecular formula is C15H18O4. The summed E-state index contributed by atoms with van der Waals surface area (Å²) in [5.74, 6) is 0.508. The molecule has 4 heteroatoms. The Kier molecular flexibility index (Phi) is 2.61. The van der Waals surface area contributed by atoms with E-state index in [-0.39, 0.29) is 17.5 Å². The number of benzene rings is 1. The number of carbonyl (C=O) groups is 1. The molecule has 0 amide bonds. The van der Waals surface area contributed by atoms with Crippen LogP contribution >= 0.6 is 0 Å². The second kappa shape index (κ2) is 3.97. The second-order valence-electron chi connectivity index (χ2n) is 5.71. The van der Waals surface area contributed by atoms with Gasteiger partial charge < -0.3 is 14.6 Å². The molecule has 0 unspecified atom stereocenters. The number of aromatic hydroxyl groups is 1. The zero-order valence-electron chi connectivity index (χ0n) is 11.4. The Morgan fingerprint density at radius 2 is 2.21 bits per heavy atom. The highest BCUT2D eigenvalue weighted by molar-refractivity contribution is 5.97. The van der Waals surface area contributed by atoms with Gasteiger partial charge in [-0.2, -0.15) is 0 Å². The Balaban J connectivity index is 2.08. The Morgan fingerprint density at radius 3 is 2.89 bits per heavy atom. The summed E-state index contributed by atoms with van der Waals surface area (Å²) in [5.41, 5.74) is 1.09. The molecule has 1 saturated heterocycles. The molecule has 1 aromatic carbocycles. The van der Waals surface area contributed by atoms with Gasteiger partial charge in [-0.25, -0.2) is 0 Å². The van der Waals surface area contributed by atoms with Crippen molar-refractivity contribution >= 4 is 5.78 Å². The summed E-state index contributed by atoms with van der Waals surface area (Å²) in [6.07, 6.45) is 0.681. The first kappa shape index (κ1) is 12.5. The third-order valence-electron chi connectivity index (χ3n) is 4.35. The monoisotopic (exact) mass is 262 g/mol. The Labute approximate surface area is 112 Å². The average Bonchev–Trinajstić information content (AvgIpc) is 2.63. The van der Waals surface area contributed by atoms with Crippen LogP contribution in [0.1, 0.15) is 36.7 Å². The SMILES string of the molecule is CC(=O)c1ccc2c(c1O)C[C@H]1[C@@H](C)CO[C@@]1(C)O2. The molecule has 1 aromatic rings. The van der Waals surface area contributed by atoms with Crippen molar-refractivity contribution in [1.82, 2.24) is 0 Å². The van der Waals surface area contributed by atoms with E-state index in [0.29, 0.717) is 30.3 Å². The first-order valence-electron chi connectivity index (χ1n) is 6.61. The van der Waals surface area contributed by atoms with Crippen LogP contribution in [0, 0.1) is 11.8 Å². The first-order valence-corrected chi connectivity index (χ1v) is 6.61. The van der Waals surface area contributed by atoms with E-state index in [1.165, 1.54) is 6.92 Å². The molecule has 4 nitrogen and oxygen atoms in total. The normalized spacial score (nSPS) is 32.4. The van der Waals surface area contributed by atoms with Crippen LogP contribution in [0.2, 0.25) is 0 Å². The van der Waals surface area contributed by atoms with Crippen LogP contribution in [0.15, 0.2) is 12.1 Å². The van der Waals surface area contributed by atoms with Gasteiger partial charge >= 0.3 is 0 Å². The van der Waals surface area contributed by atoms with Gasteiger partial charge in [-0.05, 0) is 31.4 Å². The number of carbonyl (C=O) groups excluding carboxylic acids is 1. The Hall–Kier alpha value is -1.55. The highest BCUT2D eigenvalue weighted by Crippen LogP contribution is 2.48. The van der Waals surface area contributed by atoms with Gasteiger partial charge in [0.15, 0.2) is 5.78 Å². The number of fused-ring (bicyclic) bond motifs is 2. The number of phenolic OH excluding ortho intramolecular Hbond substituents is 1. The fourth-order valence-electron chi connectivity index (χ4n) is 3.16. The maximum atomic E-state index is 11.5. The van der Waals surface area contributed by atoms with Crippen LogP contribution in [-0.4, -0.2) is 23.3 Å². The van der Waals surface area contributed by atoms with Crippen molar-refractivity contribution in [2.24, 2.45) is 11.8 Å². The predicted molar refractivity (Wildman–Crippen MR) is 69.5 cm³/mol. The van der Waals surface area contributed by atoms with Crippen LogP contribution < -0.4 is 4.74 Å². The molecule has 0 spiro atoms. The smallest absolute Gasteiger partial charge is 0.211 e. The van der Waals surface area contributed by atoms with E-state index in [0.717, 1.165) is 5.56 Å². The summed E-state index contributed by atoms with van der Waals surface area (Å²) in [6.45, 7) is 6.18. The predicted octanol–water partition coefficient (Wildman–Crippen LogP) is 2.53. The van der Waals surface area contributed by atoms with E-state index in [9.17, 15) is 9.90 Å². The summed E-state index contributed by atoms with van der Waals surface area (Å²) >= 11 is 0. The number of ketones is 1. The van der Waals surface area contributed by atoms with Gasteiger partial charge in [-0.1, -0.05) is 6.92 Å². The lowest BCUT2D eigenvalue weighted by atomic mass is 9.81. The summed E-state index contributed by atoms with van der Waals surface area (Å²) < 4.78 is 11.7. The fourth-order valence-corrected chi connectivity index (χ4v) is 3.16. The van der Waals surface area contributed by atoms with Gasteiger partial charge in [0.05, 0.1) is 12.2 Å². The fraction of sp³-hybridized carbons (Fsp3) is 0.533. The van der Waals surface area contributed by atoms with E-state index >= 15 is 0 Å². The van der Waals surface area contributed by atoms with Crippen molar-refractivity contribution in [3.8, 4) is 11.5 Å². The molecule has 2 heterocycles. The summed E-state index contributed by atoms with van der Waals surface area (Å²) in [6, 6.07) is 3.36. The molecule has 0 aliphatic carbocycles. The minimum atomic E-state index is -0.614. The molecule has 0 saturated carbocycles. The standard InChI is InChI=1S/C15H18O4/c1-8-7-18-15(3)12(8)6-11-13(19-15)5-4-10(9(2)16)14(11)17/h4-5,8,12,17H,6-7H2,1-3H3/t8-,12-,15-/m0/s1. The maximum Gasteiger partial charge on any atom is 0.211 e. The van der Waals surface area contributed by atoms with Gasteiger partial charge in [0.1, 0.15) is 11.5 Å². The quantitative estimate of drug-likeness (QED) is 0.790. The van der Waals surface area contributed by atoms with E-state index in [1.54, 1.807) is 12.1 Å². The molecule has 102 valence electrons. The summed E-state index contributed by atoms with van der Waals surface area (Å²) in [7, 11) is 0. The van der Waals surface area contributed by atoms with Gasteiger partial charge in [0.25, 0.3) is 0 Å². The number of hydrogen-bond donors (Lipinski definition) is 1. The van der Waals surface area contributed by atoms with Crippen molar-refractivity contribution in [3.05, 3.63) is 23.3 Å². The topological polar surface area (TPSA) is 55.8 Å². The molecule has 1 N–H and O–H groups in total. The minimum Gasteiger partial charge on any atom is -0.507 e. The molecule has 0 radical (unpaired) electrons. The number of rotatable bonds is 1. The third kappa shape index (κ3) is 1.74. The van der Waals surface area contributed by atoms with E-state index < -0.39 is 5.79 Å². The molecule has 2 aliphatic heterocycles. The summed E-state index contributed by atoms with van der Waals surface area (Å²) in [5, 5.41) is 10.3. The first-order chi connectivity index (χ1) is 8.92. The molecule has 19 heavy (non-hydrogen) atoms. The van der Waals surface area contributed by atoms with Gasteiger partial charge in [-0.15, -0.1) is 0 Å². The minimum absolute atomic E-state index is 0.0613. The van der Waals surface area contributed by atoms with Crippen molar-refractivity contribution < 1.29 is 19.4 Å². The van der Waals surface area contributed by atoms with Crippen molar-refractivity contribution in [2.75, 3.05) is 6.61 Å². The van der Waals surface area contributed by atoms with E-state index in [2.05, 4.69) is 6.92 Å². The number of ether oxygens (including phenoxy) is 2. The third-order valence-corrected chi connectivity index (χ3v) is 4.35. The molecular weight excluding hydrogens is 244 g/mol. The summed E-state index contributed by atoms with van der Waals surface area (Å²) in [4.78, 5) is 11.5.